The summed E-state index contributed by atoms with van der Waals surface area (Å²) in [5.74, 6) is -0.676. The number of rotatable bonds is 2. The molecule has 0 aromatic heterocycles. The van der Waals surface area contributed by atoms with Gasteiger partial charge in [0, 0.05) is 6.42 Å². The quantitative estimate of drug-likeness (QED) is 0.664. The van der Waals surface area contributed by atoms with E-state index in [1.807, 2.05) is 52.0 Å². The highest BCUT2D eigenvalue weighted by Gasteiger charge is 2.51. The van der Waals surface area contributed by atoms with E-state index in [-0.39, 0.29) is 28.9 Å². The zero-order valence-electron chi connectivity index (χ0n) is 14.0. The summed E-state index contributed by atoms with van der Waals surface area (Å²) < 4.78 is 12.0. The van der Waals surface area contributed by atoms with Gasteiger partial charge < -0.3 is 9.31 Å². The Morgan fingerprint density at radius 1 is 1.04 bits per heavy atom. The molecule has 2 aliphatic heterocycles. The van der Waals surface area contributed by atoms with Crippen molar-refractivity contribution in [3.05, 3.63) is 29.8 Å². The third kappa shape index (κ3) is 2.93. The van der Waals surface area contributed by atoms with Crippen molar-refractivity contribution in [3.63, 3.8) is 0 Å². The minimum atomic E-state index is -0.407. The summed E-state index contributed by atoms with van der Waals surface area (Å²) in [6, 6.07) is 7.70. The van der Waals surface area contributed by atoms with Crippen LogP contribution in [0.5, 0.6) is 0 Å². The first kappa shape index (κ1) is 16.2. The van der Waals surface area contributed by atoms with Crippen molar-refractivity contribution < 1.29 is 18.9 Å². The van der Waals surface area contributed by atoms with Crippen molar-refractivity contribution in [3.8, 4) is 0 Å². The van der Waals surface area contributed by atoms with Crippen molar-refractivity contribution in [2.45, 2.75) is 57.7 Å². The zero-order chi connectivity index (χ0) is 16.8. The molecule has 0 radical (unpaired) electrons. The highest BCUT2D eigenvalue weighted by molar-refractivity contribution is 6.62. The maximum atomic E-state index is 11.9. The molecule has 3 rings (SSSR count). The number of amides is 2. The summed E-state index contributed by atoms with van der Waals surface area (Å²) in [6.07, 6.45) is 0.940. The average Bonchev–Trinajstić information content (AvgIpc) is 2.68. The van der Waals surface area contributed by atoms with Crippen LogP contribution in [0.1, 0.15) is 52.0 Å². The lowest BCUT2D eigenvalue weighted by Crippen LogP contribution is -2.41. The van der Waals surface area contributed by atoms with E-state index in [1.54, 1.807) is 0 Å². The van der Waals surface area contributed by atoms with E-state index in [1.165, 1.54) is 0 Å². The molecule has 2 amide bonds. The molecule has 2 aliphatic rings. The van der Waals surface area contributed by atoms with Gasteiger partial charge in [-0.3, -0.25) is 14.9 Å². The van der Waals surface area contributed by atoms with Crippen molar-refractivity contribution >= 4 is 24.4 Å². The molecule has 1 N–H and O–H groups in total. The summed E-state index contributed by atoms with van der Waals surface area (Å²) >= 11 is 0. The van der Waals surface area contributed by atoms with Gasteiger partial charge in [-0.1, -0.05) is 24.3 Å². The van der Waals surface area contributed by atoms with Crippen LogP contribution in [0.4, 0.5) is 0 Å². The molecular weight excluding hydrogens is 293 g/mol. The second-order valence-corrected chi connectivity index (χ2v) is 7.26. The van der Waals surface area contributed by atoms with Gasteiger partial charge in [0.2, 0.25) is 11.8 Å². The van der Waals surface area contributed by atoms with Gasteiger partial charge in [0.1, 0.15) is 0 Å². The average molecular weight is 315 g/mol. The fourth-order valence-corrected chi connectivity index (χ4v) is 2.88. The third-order valence-electron chi connectivity index (χ3n) is 5.10. The minimum Gasteiger partial charge on any atom is -0.399 e. The fourth-order valence-electron chi connectivity index (χ4n) is 2.88. The smallest absolute Gasteiger partial charge is 0.399 e. The van der Waals surface area contributed by atoms with Crippen LogP contribution in [0.25, 0.3) is 0 Å². The first-order valence-corrected chi connectivity index (χ1v) is 7.99. The van der Waals surface area contributed by atoms with Crippen molar-refractivity contribution in [2.75, 3.05) is 0 Å². The van der Waals surface area contributed by atoms with Crippen LogP contribution < -0.4 is 10.8 Å². The summed E-state index contributed by atoms with van der Waals surface area (Å²) in [7, 11) is -0.407. The van der Waals surface area contributed by atoms with Gasteiger partial charge in [-0.15, -0.1) is 0 Å². The van der Waals surface area contributed by atoms with Crippen LogP contribution in [-0.2, 0) is 18.9 Å². The van der Waals surface area contributed by atoms with Gasteiger partial charge in [-0.05, 0) is 45.1 Å². The number of nitrogens with one attached hydrogen (secondary N) is 1. The second kappa shape index (κ2) is 5.46. The van der Waals surface area contributed by atoms with Gasteiger partial charge in [0.25, 0.3) is 0 Å². The molecule has 2 heterocycles. The number of hydrogen-bond donors (Lipinski definition) is 1. The fraction of sp³-hybridized carbons (Fsp3) is 0.529. The van der Waals surface area contributed by atoms with Gasteiger partial charge in [-0.25, -0.2) is 0 Å². The Balaban J connectivity index is 1.76. The minimum absolute atomic E-state index is 0.194. The number of carbonyl (C=O) groups is 2. The molecule has 0 aliphatic carbocycles. The largest absolute Gasteiger partial charge is 0.494 e. The summed E-state index contributed by atoms with van der Waals surface area (Å²) in [4.78, 5) is 23.2. The summed E-state index contributed by atoms with van der Waals surface area (Å²) in [5, 5.41) is 2.39. The molecule has 0 spiro atoms. The number of carbonyl (C=O) groups excluding carboxylic acids is 2. The van der Waals surface area contributed by atoms with E-state index >= 15 is 0 Å². The van der Waals surface area contributed by atoms with Crippen molar-refractivity contribution in [1.82, 2.24) is 5.32 Å². The Hall–Kier alpha value is -1.66. The van der Waals surface area contributed by atoms with E-state index in [4.69, 9.17) is 9.31 Å². The van der Waals surface area contributed by atoms with E-state index in [2.05, 4.69) is 5.32 Å². The number of benzene rings is 1. The van der Waals surface area contributed by atoms with Crippen LogP contribution in [-0.4, -0.2) is 30.1 Å². The molecule has 1 aromatic rings. The Kier molecular flexibility index (Phi) is 3.85. The summed E-state index contributed by atoms with van der Waals surface area (Å²) in [5.41, 5.74) is 1.09. The first-order valence-electron chi connectivity index (χ1n) is 7.99. The molecule has 0 bridgehead atoms. The van der Waals surface area contributed by atoms with Crippen LogP contribution >= 0.6 is 0 Å². The number of imide groups is 1. The second-order valence-electron chi connectivity index (χ2n) is 7.26. The topological polar surface area (TPSA) is 64.6 Å². The van der Waals surface area contributed by atoms with Gasteiger partial charge in [0.05, 0.1) is 17.1 Å². The highest BCUT2D eigenvalue weighted by Crippen LogP contribution is 2.36. The molecule has 2 saturated heterocycles. The Bertz CT molecular complexity index is 622. The third-order valence-corrected chi connectivity index (χ3v) is 5.10. The normalized spacial score (nSPS) is 26.3. The lowest BCUT2D eigenvalue weighted by molar-refractivity contribution is -0.134. The van der Waals surface area contributed by atoms with Gasteiger partial charge in [0.15, 0.2) is 0 Å². The van der Waals surface area contributed by atoms with E-state index in [9.17, 15) is 9.59 Å². The first-order chi connectivity index (χ1) is 10.7. The molecule has 23 heavy (non-hydrogen) atoms. The molecule has 122 valence electrons. The lowest BCUT2D eigenvalue weighted by atomic mass is 9.78. The molecule has 2 fully saturated rings. The molecule has 1 aromatic carbocycles. The zero-order valence-corrected chi connectivity index (χ0v) is 14.0. The SMILES string of the molecule is CC1(C)OB(c2ccc(C3CCC(=O)NC3=O)cc2)OC1(C)C. The van der Waals surface area contributed by atoms with E-state index in [0.29, 0.717) is 12.8 Å². The monoisotopic (exact) mass is 315 g/mol. The number of piperidine rings is 1. The molecule has 5 nitrogen and oxygen atoms in total. The Morgan fingerprint density at radius 2 is 1.61 bits per heavy atom. The Morgan fingerprint density at radius 3 is 2.13 bits per heavy atom. The van der Waals surface area contributed by atoms with Crippen LogP contribution in [0.3, 0.4) is 0 Å². The predicted molar refractivity (Wildman–Crippen MR) is 87.3 cm³/mol. The van der Waals surface area contributed by atoms with Crippen LogP contribution in [0, 0.1) is 0 Å². The van der Waals surface area contributed by atoms with Crippen molar-refractivity contribution in [1.29, 1.82) is 0 Å². The molecule has 1 atom stereocenters. The maximum Gasteiger partial charge on any atom is 0.494 e. The number of hydrogen-bond acceptors (Lipinski definition) is 4. The van der Waals surface area contributed by atoms with E-state index in [0.717, 1.165) is 11.0 Å². The Labute approximate surface area is 136 Å². The predicted octanol–water partition coefficient (Wildman–Crippen LogP) is 1.51. The maximum absolute atomic E-state index is 11.9. The molecule has 1 unspecified atom stereocenters. The molecular formula is C17H22BNO4. The molecule has 0 saturated carbocycles. The van der Waals surface area contributed by atoms with Gasteiger partial charge >= 0.3 is 7.12 Å². The van der Waals surface area contributed by atoms with Gasteiger partial charge in [-0.2, -0.15) is 0 Å². The van der Waals surface area contributed by atoms with Crippen LogP contribution in [0.2, 0.25) is 0 Å². The lowest BCUT2D eigenvalue weighted by Gasteiger charge is -2.32. The van der Waals surface area contributed by atoms with Crippen molar-refractivity contribution in [2.24, 2.45) is 0 Å². The summed E-state index contributed by atoms with van der Waals surface area (Å²) in [6.45, 7) is 8.07. The van der Waals surface area contributed by atoms with Crippen LogP contribution in [0.15, 0.2) is 24.3 Å². The highest BCUT2D eigenvalue weighted by atomic mass is 16.7. The van der Waals surface area contributed by atoms with E-state index < -0.39 is 7.12 Å². The molecule has 6 heteroatoms. The standard InChI is InChI=1S/C17H22BNO4/c1-16(2)17(3,4)23-18(22-16)12-7-5-11(6-8-12)13-9-10-14(20)19-15(13)21/h5-8,13H,9-10H2,1-4H3,(H,19,20,21).